The molecular weight excluding hydrogens is 172 g/mol. The topological polar surface area (TPSA) is 17.8 Å². The van der Waals surface area contributed by atoms with Crippen LogP contribution >= 0.6 is 0 Å². The zero-order valence-electron chi connectivity index (χ0n) is 7.94. The Morgan fingerprint density at radius 3 is 2.86 bits per heavy atom. The normalized spacial score (nSPS) is 9.71. The van der Waals surface area contributed by atoms with Crippen LogP contribution in [-0.2, 0) is 7.05 Å². The summed E-state index contributed by atoms with van der Waals surface area (Å²) in [6.45, 7) is 0. The van der Waals surface area contributed by atoms with Gasteiger partial charge in [0.1, 0.15) is 0 Å². The average molecular weight is 182 g/mol. The first-order valence-electron chi connectivity index (χ1n) is 4.35. The van der Waals surface area contributed by atoms with E-state index in [4.69, 9.17) is 6.42 Å². The molecule has 0 bridgehead atoms. The molecule has 0 N–H and O–H groups in total. The smallest absolute Gasteiger partial charge is 0.0568 e. The largest absolute Gasteiger partial charge is 0.275 e. The summed E-state index contributed by atoms with van der Waals surface area (Å²) in [6.07, 6.45) is 9.13. The zero-order chi connectivity index (χ0) is 9.97. The maximum absolute atomic E-state index is 5.33. The molecule has 0 fully saturated rings. The Morgan fingerprint density at radius 2 is 2.21 bits per heavy atom. The first-order chi connectivity index (χ1) is 6.79. The minimum absolute atomic E-state index is 0.895. The molecule has 0 amide bonds. The minimum Gasteiger partial charge on any atom is -0.275 e. The highest BCUT2D eigenvalue weighted by atomic mass is 15.2. The summed E-state index contributed by atoms with van der Waals surface area (Å²) in [4.78, 5) is 0. The average Bonchev–Trinajstić information content (AvgIpc) is 2.65. The fraction of sp³-hybridized carbons (Fsp3) is 0.0833. The van der Waals surface area contributed by atoms with Crippen LogP contribution in [0.5, 0.6) is 0 Å². The van der Waals surface area contributed by atoms with Crippen molar-refractivity contribution in [1.29, 1.82) is 0 Å². The molecule has 2 nitrogen and oxygen atoms in total. The van der Waals surface area contributed by atoms with E-state index in [0.29, 0.717) is 0 Å². The number of aromatic nitrogens is 2. The quantitative estimate of drug-likeness (QED) is 0.617. The molecule has 0 spiro atoms. The van der Waals surface area contributed by atoms with Crippen molar-refractivity contribution in [1.82, 2.24) is 9.78 Å². The molecule has 1 heterocycles. The molecule has 2 heteroatoms. The second kappa shape index (κ2) is 3.39. The third-order valence-corrected chi connectivity index (χ3v) is 2.07. The molecule has 0 saturated heterocycles. The van der Waals surface area contributed by atoms with E-state index in [2.05, 4.69) is 11.0 Å². The van der Waals surface area contributed by atoms with Gasteiger partial charge in [-0.15, -0.1) is 6.42 Å². The summed E-state index contributed by atoms with van der Waals surface area (Å²) in [5, 5.41) is 4.11. The molecule has 0 aliphatic heterocycles. The Morgan fingerprint density at radius 1 is 1.36 bits per heavy atom. The predicted octanol–water partition coefficient (Wildman–Crippen LogP) is 2.07. The van der Waals surface area contributed by atoms with Crippen LogP contribution in [0.25, 0.3) is 11.1 Å². The molecular formula is C12H10N2. The van der Waals surface area contributed by atoms with Gasteiger partial charge in [0, 0.05) is 24.4 Å². The number of rotatable bonds is 1. The molecule has 68 valence electrons. The molecule has 0 unspecified atom stereocenters. The highest BCUT2D eigenvalue weighted by Gasteiger charge is 1.99. The lowest BCUT2D eigenvalue weighted by molar-refractivity contribution is 0.768. The molecule has 14 heavy (non-hydrogen) atoms. The van der Waals surface area contributed by atoms with Gasteiger partial charge in [0.2, 0.25) is 0 Å². The van der Waals surface area contributed by atoms with E-state index >= 15 is 0 Å². The van der Waals surface area contributed by atoms with Crippen LogP contribution in [-0.4, -0.2) is 9.78 Å². The van der Waals surface area contributed by atoms with Crippen molar-refractivity contribution in [3.63, 3.8) is 0 Å². The number of nitrogens with zero attached hydrogens (tertiary/aromatic N) is 2. The van der Waals surface area contributed by atoms with Crippen molar-refractivity contribution >= 4 is 0 Å². The van der Waals surface area contributed by atoms with Gasteiger partial charge >= 0.3 is 0 Å². The Balaban J connectivity index is 2.47. The Hall–Kier alpha value is -2.01. The van der Waals surface area contributed by atoms with Crippen LogP contribution in [0.1, 0.15) is 5.56 Å². The van der Waals surface area contributed by atoms with Crippen molar-refractivity contribution in [2.45, 2.75) is 0 Å². The summed E-state index contributed by atoms with van der Waals surface area (Å²) in [7, 11) is 1.90. The van der Waals surface area contributed by atoms with Crippen LogP contribution in [0.15, 0.2) is 36.7 Å². The van der Waals surface area contributed by atoms with Crippen LogP contribution in [0.2, 0.25) is 0 Å². The lowest BCUT2D eigenvalue weighted by Crippen LogP contribution is -1.84. The van der Waals surface area contributed by atoms with Crippen molar-refractivity contribution in [3.05, 3.63) is 42.2 Å². The number of terminal acetylenes is 1. The van der Waals surface area contributed by atoms with E-state index in [1.54, 1.807) is 4.68 Å². The zero-order valence-corrected chi connectivity index (χ0v) is 7.94. The third kappa shape index (κ3) is 1.53. The number of benzene rings is 1. The van der Waals surface area contributed by atoms with Gasteiger partial charge < -0.3 is 0 Å². The standard InChI is InChI=1S/C12H10N2/c1-3-10-5-4-6-11(7-10)12-8-13-14(2)9-12/h1,4-9H,2H3. The van der Waals surface area contributed by atoms with Crippen LogP contribution in [0.4, 0.5) is 0 Å². The van der Waals surface area contributed by atoms with Crippen LogP contribution < -0.4 is 0 Å². The summed E-state index contributed by atoms with van der Waals surface area (Å²) >= 11 is 0. The molecule has 0 aliphatic rings. The van der Waals surface area contributed by atoms with E-state index in [0.717, 1.165) is 16.7 Å². The minimum atomic E-state index is 0.895. The van der Waals surface area contributed by atoms with Crippen molar-refractivity contribution in [2.24, 2.45) is 7.05 Å². The molecule has 2 rings (SSSR count). The number of aryl methyl sites for hydroxylation is 1. The SMILES string of the molecule is C#Cc1cccc(-c2cnn(C)c2)c1. The molecule has 0 radical (unpaired) electrons. The van der Waals surface area contributed by atoms with Gasteiger partial charge in [0.05, 0.1) is 6.20 Å². The van der Waals surface area contributed by atoms with Gasteiger partial charge in [-0.3, -0.25) is 4.68 Å². The Kier molecular flexibility index (Phi) is 2.08. The summed E-state index contributed by atoms with van der Waals surface area (Å²) in [5.41, 5.74) is 3.09. The molecule has 0 atom stereocenters. The summed E-state index contributed by atoms with van der Waals surface area (Å²) < 4.78 is 1.78. The van der Waals surface area contributed by atoms with Gasteiger partial charge in [-0.25, -0.2) is 0 Å². The molecule has 1 aromatic carbocycles. The van der Waals surface area contributed by atoms with E-state index in [9.17, 15) is 0 Å². The van der Waals surface area contributed by atoms with E-state index in [-0.39, 0.29) is 0 Å². The van der Waals surface area contributed by atoms with Crippen LogP contribution in [0, 0.1) is 12.3 Å². The fourth-order valence-corrected chi connectivity index (χ4v) is 1.36. The van der Waals surface area contributed by atoms with Crippen molar-refractivity contribution in [3.8, 4) is 23.5 Å². The van der Waals surface area contributed by atoms with Crippen LogP contribution in [0.3, 0.4) is 0 Å². The Labute approximate surface area is 83.2 Å². The van der Waals surface area contributed by atoms with E-state index in [1.807, 2.05) is 43.7 Å². The molecule has 2 aromatic rings. The fourth-order valence-electron chi connectivity index (χ4n) is 1.36. The van der Waals surface area contributed by atoms with Crippen molar-refractivity contribution < 1.29 is 0 Å². The van der Waals surface area contributed by atoms with Gasteiger partial charge in [0.15, 0.2) is 0 Å². The number of hydrogen-bond donors (Lipinski definition) is 0. The predicted molar refractivity (Wildman–Crippen MR) is 56.6 cm³/mol. The van der Waals surface area contributed by atoms with Gasteiger partial charge in [0.25, 0.3) is 0 Å². The van der Waals surface area contributed by atoms with Gasteiger partial charge in [-0.1, -0.05) is 18.1 Å². The maximum Gasteiger partial charge on any atom is 0.0568 e. The van der Waals surface area contributed by atoms with E-state index < -0.39 is 0 Å². The lowest BCUT2D eigenvalue weighted by Gasteiger charge is -1.97. The summed E-state index contributed by atoms with van der Waals surface area (Å²) in [5.74, 6) is 2.62. The maximum atomic E-state index is 5.33. The summed E-state index contributed by atoms with van der Waals surface area (Å²) in [6, 6.07) is 7.88. The monoisotopic (exact) mass is 182 g/mol. The highest BCUT2D eigenvalue weighted by molar-refractivity contribution is 5.63. The first-order valence-corrected chi connectivity index (χ1v) is 4.35. The lowest BCUT2D eigenvalue weighted by atomic mass is 10.1. The molecule has 1 aromatic heterocycles. The molecule has 0 aliphatic carbocycles. The first kappa shape index (κ1) is 8.58. The van der Waals surface area contributed by atoms with Gasteiger partial charge in [-0.05, 0) is 17.7 Å². The second-order valence-electron chi connectivity index (χ2n) is 3.13. The number of hydrogen-bond acceptors (Lipinski definition) is 1. The van der Waals surface area contributed by atoms with Crippen molar-refractivity contribution in [2.75, 3.05) is 0 Å². The van der Waals surface area contributed by atoms with E-state index in [1.165, 1.54) is 0 Å². The van der Waals surface area contributed by atoms with Gasteiger partial charge in [-0.2, -0.15) is 5.10 Å². The molecule has 0 saturated carbocycles. The highest BCUT2D eigenvalue weighted by Crippen LogP contribution is 2.18. The second-order valence-corrected chi connectivity index (χ2v) is 3.13. The Bertz CT molecular complexity index is 489. The third-order valence-electron chi connectivity index (χ3n) is 2.07.